The molecule has 1 fully saturated rings. The fourth-order valence-electron chi connectivity index (χ4n) is 2.89. The SMILES string of the molecule is CCOc1cc(/C=C2/SC(=S)N(c3ccccc3C)C2=O)ccc1OCCC(=O)O. The van der Waals surface area contributed by atoms with Crippen molar-refractivity contribution in [2.24, 2.45) is 0 Å². The first kappa shape index (κ1) is 21.9. The standard InChI is InChI=1S/C22H21NO5S2/c1-3-27-18-12-15(8-9-17(18)28-11-10-20(24)25)13-19-21(26)23(22(29)30-19)16-7-5-4-6-14(16)2/h4-9,12-13H,3,10-11H2,1-2H3,(H,24,25)/b19-13+. The molecule has 1 heterocycles. The third kappa shape index (κ3) is 5.01. The Morgan fingerprint density at radius 1 is 1.20 bits per heavy atom. The summed E-state index contributed by atoms with van der Waals surface area (Å²) < 4.78 is 11.6. The number of amides is 1. The van der Waals surface area contributed by atoms with Crippen LogP contribution in [0.3, 0.4) is 0 Å². The first-order valence-corrected chi connectivity index (χ1v) is 10.6. The van der Waals surface area contributed by atoms with E-state index in [0.29, 0.717) is 27.3 Å². The van der Waals surface area contributed by atoms with Gasteiger partial charge in [0.1, 0.15) is 0 Å². The number of ether oxygens (including phenoxy) is 2. The van der Waals surface area contributed by atoms with E-state index in [2.05, 4.69) is 0 Å². The molecule has 0 aliphatic carbocycles. The molecule has 0 atom stereocenters. The summed E-state index contributed by atoms with van der Waals surface area (Å²) in [7, 11) is 0. The molecule has 2 aromatic rings. The first-order valence-electron chi connectivity index (χ1n) is 9.35. The topological polar surface area (TPSA) is 76.1 Å². The molecule has 1 aliphatic rings. The van der Waals surface area contributed by atoms with Crippen molar-refractivity contribution in [1.29, 1.82) is 0 Å². The van der Waals surface area contributed by atoms with Gasteiger partial charge in [0.25, 0.3) is 5.91 Å². The molecule has 0 aromatic heterocycles. The molecule has 1 aliphatic heterocycles. The van der Waals surface area contributed by atoms with Crippen LogP contribution in [-0.4, -0.2) is 34.5 Å². The fraction of sp³-hybridized carbons (Fsp3) is 0.227. The highest BCUT2D eigenvalue weighted by Gasteiger charge is 2.34. The third-order valence-corrected chi connectivity index (χ3v) is 5.59. The Morgan fingerprint density at radius 2 is 1.97 bits per heavy atom. The number of hydrogen-bond acceptors (Lipinski definition) is 6. The number of carbonyl (C=O) groups excluding carboxylic acids is 1. The van der Waals surface area contributed by atoms with Gasteiger partial charge in [-0.25, -0.2) is 0 Å². The highest BCUT2D eigenvalue weighted by Crippen LogP contribution is 2.38. The van der Waals surface area contributed by atoms with Crippen molar-refractivity contribution in [1.82, 2.24) is 0 Å². The van der Waals surface area contributed by atoms with Crippen molar-refractivity contribution in [2.45, 2.75) is 20.3 Å². The maximum atomic E-state index is 13.0. The van der Waals surface area contributed by atoms with E-state index < -0.39 is 5.97 Å². The summed E-state index contributed by atoms with van der Waals surface area (Å²) in [4.78, 5) is 25.7. The van der Waals surface area contributed by atoms with Gasteiger partial charge in [0.15, 0.2) is 15.8 Å². The Kier molecular flexibility index (Phi) is 7.12. The minimum atomic E-state index is -0.930. The van der Waals surface area contributed by atoms with Crippen molar-refractivity contribution in [3.63, 3.8) is 0 Å². The van der Waals surface area contributed by atoms with E-state index in [4.69, 9.17) is 26.8 Å². The largest absolute Gasteiger partial charge is 0.490 e. The van der Waals surface area contributed by atoms with E-state index in [1.165, 1.54) is 11.8 Å². The lowest BCUT2D eigenvalue weighted by Crippen LogP contribution is -2.28. The number of aryl methyl sites for hydroxylation is 1. The minimum Gasteiger partial charge on any atom is -0.490 e. The summed E-state index contributed by atoms with van der Waals surface area (Å²) in [5.74, 6) is -0.145. The zero-order valence-electron chi connectivity index (χ0n) is 16.6. The van der Waals surface area contributed by atoms with Crippen LogP contribution in [0.25, 0.3) is 6.08 Å². The number of thioether (sulfide) groups is 1. The lowest BCUT2D eigenvalue weighted by atomic mass is 10.1. The van der Waals surface area contributed by atoms with Crippen molar-refractivity contribution in [3.8, 4) is 11.5 Å². The molecule has 0 unspecified atom stereocenters. The smallest absolute Gasteiger partial charge is 0.306 e. The van der Waals surface area contributed by atoms with Gasteiger partial charge in [0.05, 0.1) is 30.2 Å². The van der Waals surface area contributed by atoms with Gasteiger partial charge in [-0.1, -0.05) is 48.2 Å². The molecular formula is C22H21NO5S2. The van der Waals surface area contributed by atoms with E-state index in [0.717, 1.165) is 16.8 Å². The molecule has 3 rings (SSSR count). The van der Waals surface area contributed by atoms with Crippen LogP contribution in [0.5, 0.6) is 11.5 Å². The molecule has 156 valence electrons. The number of carboxylic acids is 1. The Balaban J connectivity index is 1.84. The zero-order valence-corrected chi connectivity index (χ0v) is 18.2. The molecular weight excluding hydrogens is 422 g/mol. The van der Waals surface area contributed by atoms with Gasteiger partial charge in [0.2, 0.25) is 0 Å². The van der Waals surface area contributed by atoms with Crippen LogP contribution in [0.4, 0.5) is 5.69 Å². The number of para-hydroxylation sites is 1. The number of aliphatic carboxylic acids is 1. The van der Waals surface area contributed by atoms with E-state index >= 15 is 0 Å². The van der Waals surface area contributed by atoms with E-state index in [1.54, 1.807) is 29.2 Å². The van der Waals surface area contributed by atoms with Gasteiger partial charge < -0.3 is 14.6 Å². The molecule has 0 spiro atoms. The van der Waals surface area contributed by atoms with Crippen molar-refractivity contribution in [3.05, 3.63) is 58.5 Å². The second-order valence-electron chi connectivity index (χ2n) is 6.43. The highest BCUT2D eigenvalue weighted by atomic mass is 32.2. The number of nitrogens with zero attached hydrogens (tertiary/aromatic N) is 1. The van der Waals surface area contributed by atoms with Gasteiger partial charge >= 0.3 is 5.97 Å². The van der Waals surface area contributed by atoms with Crippen LogP contribution in [0.1, 0.15) is 24.5 Å². The van der Waals surface area contributed by atoms with E-state index in [9.17, 15) is 9.59 Å². The van der Waals surface area contributed by atoms with E-state index in [-0.39, 0.29) is 18.9 Å². The second-order valence-corrected chi connectivity index (χ2v) is 8.11. The third-order valence-electron chi connectivity index (χ3n) is 4.29. The number of thiocarbonyl (C=S) groups is 1. The lowest BCUT2D eigenvalue weighted by Gasteiger charge is -2.16. The normalized spacial score (nSPS) is 15.0. The molecule has 1 N–H and O–H groups in total. The maximum Gasteiger partial charge on any atom is 0.306 e. The predicted octanol–water partition coefficient (Wildman–Crippen LogP) is 4.65. The Bertz CT molecular complexity index is 1020. The summed E-state index contributed by atoms with van der Waals surface area (Å²) in [6.07, 6.45) is 1.66. The average molecular weight is 444 g/mol. The Labute approximate surface area is 184 Å². The summed E-state index contributed by atoms with van der Waals surface area (Å²) in [6.45, 7) is 4.26. The fourth-order valence-corrected chi connectivity index (χ4v) is 4.18. The van der Waals surface area contributed by atoms with E-state index in [1.807, 2.05) is 38.1 Å². The minimum absolute atomic E-state index is 0.0455. The quantitative estimate of drug-likeness (QED) is 0.470. The molecule has 1 saturated heterocycles. The van der Waals surface area contributed by atoms with Gasteiger partial charge in [-0.05, 0) is 49.2 Å². The molecule has 0 radical (unpaired) electrons. The summed E-state index contributed by atoms with van der Waals surface area (Å²) >= 11 is 6.70. The molecule has 0 saturated carbocycles. The first-order chi connectivity index (χ1) is 14.4. The number of hydrogen-bond donors (Lipinski definition) is 1. The molecule has 8 heteroatoms. The summed E-state index contributed by atoms with van der Waals surface area (Å²) in [5, 5.41) is 8.77. The molecule has 2 aromatic carbocycles. The average Bonchev–Trinajstić information content (AvgIpc) is 2.97. The van der Waals surface area contributed by atoms with Crippen LogP contribution in [-0.2, 0) is 9.59 Å². The van der Waals surface area contributed by atoms with Crippen LogP contribution < -0.4 is 14.4 Å². The number of benzene rings is 2. The number of carbonyl (C=O) groups is 2. The van der Waals surface area contributed by atoms with Gasteiger partial charge in [-0.15, -0.1) is 0 Å². The summed E-state index contributed by atoms with van der Waals surface area (Å²) in [6, 6.07) is 12.9. The predicted molar refractivity (Wildman–Crippen MR) is 122 cm³/mol. The van der Waals surface area contributed by atoms with Crippen molar-refractivity contribution >= 4 is 51.9 Å². The van der Waals surface area contributed by atoms with Crippen LogP contribution >= 0.6 is 24.0 Å². The van der Waals surface area contributed by atoms with Crippen molar-refractivity contribution < 1.29 is 24.2 Å². The number of anilines is 1. The number of rotatable bonds is 8. The molecule has 6 nitrogen and oxygen atoms in total. The monoisotopic (exact) mass is 443 g/mol. The Hall–Kier alpha value is -2.84. The molecule has 0 bridgehead atoms. The van der Waals surface area contributed by atoms with Crippen molar-refractivity contribution in [2.75, 3.05) is 18.1 Å². The lowest BCUT2D eigenvalue weighted by molar-refractivity contribution is -0.137. The molecule has 1 amide bonds. The Morgan fingerprint density at radius 3 is 2.67 bits per heavy atom. The van der Waals surface area contributed by atoms with Gasteiger partial charge in [0, 0.05) is 0 Å². The number of carboxylic acid groups (broad SMARTS) is 1. The van der Waals surface area contributed by atoms with Gasteiger partial charge in [-0.2, -0.15) is 0 Å². The van der Waals surface area contributed by atoms with Crippen LogP contribution in [0.2, 0.25) is 0 Å². The van der Waals surface area contributed by atoms with Crippen LogP contribution in [0, 0.1) is 6.92 Å². The highest BCUT2D eigenvalue weighted by molar-refractivity contribution is 8.27. The molecule has 30 heavy (non-hydrogen) atoms. The second kappa shape index (κ2) is 9.77. The maximum absolute atomic E-state index is 13.0. The van der Waals surface area contributed by atoms with Gasteiger partial charge in [-0.3, -0.25) is 14.5 Å². The van der Waals surface area contributed by atoms with Crippen LogP contribution in [0.15, 0.2) is 47.4 Å². The summed E-state index contributed by atoms with van der Waals surface area (Å²) in [5.41, 5.74) is 2.51. The zero-order chi connectivity index (χ0) is 21.7.